The van der Waals surface area contributed by atoms with Crippen LogP contribution in [0.2, 0.25) is 5.02 Å². The fraction of sp³-hybridized carbons (Fsp3) is 0.174. The minimum Gasteiger partial charge on any atom is -0.392 e. The summed E-state index contributed by atoms with van der Waals surface area (Å²) in [5.74, 6) is -2.15. The summed E-state index contributed by atoms with van der Waals surface area (Å²) >= 11 is 5.82. The van der Waals surface area contributed by atoms with Gasteiger partial charge in [0.05, 0.1) is 32.2 Å². The summed E-state index contributed by atoms with van der Waals surface area (Å²) in [7, 11) is -8.80. The smallest absolute Gasteiger partial charge is 0.392 e. The van der Waals surface area contributed by atoms with Crippen LogP contribution in [0.3, 0.4) is 0 Å². The molecule has 1 atom stereocenters. The summed E-state index contributed by atoms with van der Waals surface area (Å²) in [4.78, 5) is 9.50. The third-order valence-electron chi connectivity index (χ3n) is 5.19. The Balaban J connectivity index is 2.04. The average molecular weight is 562 g/mol. The lowest BCUT2D eigenvalue weighted by molar-refractivity contribution is -0.174. The standard InChI is InChI=1S/C23H19ClF3NO6S2/c1-14(28-22(30)23(25,26)27)16-3-7-18(8-4-16)35(31,32)20-11-2-15(13-29)12-21(20)36(33,34)19-9-5-17(24)6-10-19/h2-12,14,29H,13H2,1H3,(H,28,30)/t14-/m0/s1. The Labute approximate surface area is 210 Å². The Morgan fingerprint density at radius 3 is 1.89 bits per heavy atom. The van der Waals surface area contributed by atoms with Crippen molar-refractivity contribution in [1.29, 1.82) is 0 Å². The number of sulfone groups is 2. The molecule has 13 heteroatoms. The van der Waals surface area contributed by atoms with Crippen LogP contribution in [0.15, 0.2) is 86.3 Å². The molecular weight excluding hydrogens is 543 g/mol. The van der Waals surface area contributed by atoms with Crippen LogP contribution in [0, 0.1) is 0 Å². The van der Waals surface area contributed by atoms with Gasteiger partial charge in [-0.05, 0) is 66.6 Å². The van der Waals surface area contributed by atoms with E-state index in [-0.39, 0.29) is 25.9 Å². The first kappa shape index (κ1) is 27.7. The first-order valence-electron chi connectivity index (χ1n) is 10.1. The molecule has 7 nitrogen and oxygen atoms in total. The highest BCUT2D eigenvalue weighted by molar-refractivity contribution is 7.94. The van der Waals surface area contributed by atoms with Crippen molar-refractivity contribution in [3.63, 3.8) is 0 Å². The Morgan fingerprint density at radius 2 is 1.39 bits per heavy atom. The van der Waals surface area contributed by atoms with Crippen molar-refractivity contribution in [2.24, 2.45) is 0 Å². The molecule has 1 amide bonds. The Morgan fingerprint density at radius 1 is 0.889 bits per heavy atom. The van der Waals surface area contributed by atoms with E-state index in [0.717, 1.165) is 24.3 Å². The summed E-state index contributed by atoms with van der Waals surface area (Å²) in [6.07, 6.45) is -5.08. The Bertz CT molecular complexity index is 1490. The molecule has 3 aromatic rings. The van der Waals surface area contributed by atoms with E-state index in [1.165, 1.54) is 49.4 Å². The van der Waals surface area contributed by atoms with Crippen molar-refractivity contribution in [3.8, 4) is 0 Å². The van der Waals surface area contributed by atoms with Gasteiger partial charge in [-0.1, -0.05) is 29.8 Å². The number of amides is 1. The minimum absolute atomic E-state index is 0.158. The van der Waals surface area contributed by atoms with Gasteiger partial charge in [0.1, 0.15) is 0 Å². The largest absolute Gasteiger partial charge is 0.471 e. The number of carbonyl (C=O) groups excluding carboxylic acids is 1. The second kappa shape index (κ2) is 10.2. The van der Waals surface area contributed by atoms with Crippen LogP contribution < -0.4 is 5.32 Å². The molecule has 0 bridgehead atoms. The molecule has 0 saturated carbocycles. The molecule has 3 aromatic carbocycles. The number of hydrogen-bond acceptors (Lipinski definition) is 6. The molecule has 0 aliphatic heterocycles. The van der Waals surface area contributed by atoms with Crippen LogP contribution in [0.4, 0.5) is 13.2 Å². The highest BCUT2D eigenvalue weighted by atomic mass is 35.5. The normalized spacial score (nSPS) is 13.3. The van der Waals surface area contributed by atoms with Crippen molar-refractivity contribution in [3.05, 3.63) is 82.9 Å². The molecule has 0 heterocycles. The van der Waals surface area contributed by atoms with Crippen LogP contribution in [0.5, 0.6) is 0 Å². The summed E-state index contributed by atoms with van der Waals surface area (Å²) in [6.45, 7) is 0.747. The predicted octanol–water partition coefficient (Wildman–Crippen LogP) is 4.24. The molecule has 0 aliphatic rings. The number of halogens is 4. The van der Waals surface area contributed by atoms with Gasteiger partial charge in [-0.25, -0.2) is 16.8 Å². The van der Waals surface area contributed by atoms with Gasteiger partial charge in [0, 0.05) is 5.02 Å². The molecule has 2 N–H and O–H groups in total. The van der Waals surface area contributed by atoms with Crippen LogP contribution in [0.25, 0.3) is 0 Å². The Hall–Kier alpha value is -2.93. The number of aliphatic hydroxyl groups is 1. The van der Waals surface area contributed by atoms with Crippen molar-refractivity contribution in [2.45, 2.75) is 45.3 Å². The van der Waals surface area contributed by atoms with E-state index in [1.54, 1.807) is 5.32 Å². The van der Waals surface area contributed by atoms with Gasteiger partial charge >= 0.3 is 12.1 Å². The fourth-order valence-electron chi connectivity index (χ4n) is 3.25. The minimum atomic E-state index is -5.08. The van der Waals surface area contributed by atoms with E-state index >= 15 is 0 Å². The molecule has 0 saturated heterocycles. The number of hydrogen-bond donors (Lipinski definition) is 2. The number of benzene rings is 3. The van der Waals surface area contributed by atoms with Crippen LogP contribution in [-0.2, 0) is 31.1 Å². The maximum Gasteiger partial charge on any atom is 0.471 e. The molecule has 0 fully saturated rings. The van der Waals surface area contributed by atoms with Gasteiger partial charge in [0.25, 0.3) is 0 Å². The number of rotatable bonds is 7. The molecule has 0 radical (unpaired) electrons. The third-order valence-corrected chi connectivity index (χ3v) is 9.21. The molecular formula is C23H19ClF3NO6S2. The van der Waals surface area contributed by atoms with E-state index in [1.807, 2.05) is 0 Å². The fourth-order valence-corrected chi connectivity index (χ4v) is 6.74. The lowest BCUT2D eigenvalue weighted by Crippen LogP contribution is -2.38. The van der Waals surface area contributed by atoms with Crippen molar-refractivity contribution in [2.75, 3.05) is 0 Å². The molecule has 0 unspecified atom stereocenters. The highest BCUT2D eigenvalue weighted by Gasteiger charge is 2.39. The zero-order valence-electron chi connectivity index (χ0n) is 18.5. The number of nitrogens with one attached hydrogen (secondary N) is 1. The summed E-state index contributed by atoms with van der Waals surface area (Å²) in [6, 6.07) is 12.0. The summed E-state index contributed by atoms with van der Waals surface area (Å²) in [5, 5.41) is 11.5. The third kappa shape index (κ3) is 5.72. The van der Waals surface area contributed by atoms with Crippen molar-refractivity contribution >= 4 is 37.2 Å². The maximum absolute atomic E-state index is 13.4. The lowest BCUT2D eigenvalue weighted by Gasteiger charge is -2.16. The average Bonchev–Trinajstić information content (AvgIpc) is 2.83. The first-order valence-corrected chi connectivity index (χ1v) is 13.5. The van der Waals surface area contributed by atoms with Gasteiger partial charge in [0.15, 0.2) is 0 Å². The zero-order valence-corrected chi connectivity index (χ0v) is 20.8. The molecule has 36 heavy (non-hydrogen) atoms. The monoisotopic (exact) mass is 561 g/mol. The second-order valence-electron chi connectivity index (χ2n) is 7.66. The molecule has 0 spiro atoms. The van der Waals surface area contributed by atoms with Crippen molar-refractivity contribution in [1.82, 2.24) is 5.32 Å². The van der Waals surface area contributed by atoms with E-state index in [9.17, 15) is 39.9 Å². The topological polar surface area (TPSA) is 118 Å². The summed E-state index contributed by atoms with van der Waals surface area (Å²) < 4.78 is 91.0. The van der Waals surface area contributed by atoms with E-state index in [4.69, 9.17) is 11.6 Å². The highest BCUT2D eigenvalue weighted by Crippen LogP contribution is 2.33. The van der Waals surface area contributed by atoms with Crippen LogP contribution >= 0.6 is 11.6 Å². The number of carbonyl (C=O) groups is 1. The molecule has 192 valence electrons. The van der Waals surface area contributed by atoms with Gasteiger partial charge in [0.2, 0.25) is 19.7 Å². The van der Waals surface area contributed by atoms with E-state index in [0.29, 0.717) is 0 Å². The molecule has 3 rings (SSSR count). The first-order chi connectivity index (χ1) is 16.7. The predicted molar refractivity (Wildman–Crippen MR) is 124 cm³/mol. The maximum atomic E-state index is 13.4. The van der Waals surface area contributed by atoms with Gasteiger partial charge < -0.3 is 10.4 Å². The quantitative estimate of drug-likeness (QED) is 0.446. The van der Waals surface area contributed by atoms with E-state index in [2.05, 4.69) is 0 Å². The lowest BCUT2D eigenvalue weighted by atomic mass is 10.1. The number of aliphatic hydroxyl groups excluding tert-OH is 1. The van der Waals surface area contributed by atoms with Crippen LogP contribution in [-0.4, -0.2) is 34.0 Å². The molecule has 0 aliphatic carbocycles. The van der Waals surface area contributed by atoms with Gasteiger partial charge in [-0.15, -0.1) is 0 Å². The second-order valence-corrected chi connectivity index (χ2v) is 11.9. The Kier molecular flexibility index (Phi) is 7.84. The van der Waals surface area contributed by atoms with Gasteiger partial charge in [-0.3, -0.25) is 4.79 Å². The number of alkyl halides is 3. The zero-order chi connectivity index (χ0) is 26.9. The SMILES string of the molecule is C[C@H](NC(=O)C(F)(F)F)c1ccc(S(=O)(=O)c2ccc(CO)cc2S(=O)(=O)c2ccc(Cl)cc2)cc1. The summed E-state index contributed by atoms with van der Waals surface area (Å²) in [5.41, 5.74) is 0.349. The van der Waals surface area contributed by atoms with Crippen LogP contribution in [0.1, 0.15) is 24.1 Å². The van der Waals surface area contributed by atoms with Gasteiger partial charge in [-0.2, -0.15) is 13.2 Å². The molecule has 0 aromatic heterocycles. The van der Waals surface area contributed by atoms with Crippen molar-refractivity contribution < 1.29 is 39.9 Å². The van der Waals surface area contributed by atoms with E-state index < -0.39 is 54.2 Å².